The fraction of sp³-hybridized carbons (Fsp3) is 0.375. The van der Waals surface area contributed by atoms with Gasteiger partial charge >= 0.3 is 5.97 Å². The molecule has 1 unspecified atom stereocenters. The van der Waals surface area contributed by atoms with Crippen LogP contribution in [0.25, 0.3) is 10.9 Å². The van der Waals surface area contributed by atoms with Crippen molar-refractivity contribution >= 4 is 22.6 Å². The summed E-state index contributed by atoms with van der Waals surface area (Å²) in [6, 6.07) is 6.01. The van der Waals surface area contributed by atoms with Crippen molar-refractivity contribution in [3.63, 3.8) is 0 Å². The molecule has 0 aliphatic carbocycles. The Balaban J connectivity index is 2.29. The van der Waals surface area contributed by atoms with E-state index in [-0.39, 0.29) is 5.69 Å². The number of benzene rings is 1. The molecule has 7 heteroatoms. The highest BCUT2D eigenvalue weighted by atomic mass is 16.7. The Kier molecular flexibility index (Phi) is 4.49. The van der Waals surface area contributed by atoms with Crippen molar-refractivity contribution in [3.8, 4) is 5.75 Å². The predicted octanol–water partition coefficient (Wildman–Crippen LogP) is 3.46. The molecule has 0 spiro atoms. The van der Waals surface area contributed by atoms with Gasteiger partial charge in [0.15, 0.2) is 5.75 Å². The Morgan fingerprint density at radius 3 is 2.61 bits per heavy atom. The average molecular weight is 318 g/mol. The number of nitrogens with zero attached hydrogens (tertiary/aromatic N) is 2. The zero-order valence-corrected chi connectivity index (χ0v) is 13.4. The van der Waals surface area contributed by atoms with Gasteiger partial charge in [0, 0.05) is 19.2 Å². The molecule has 2 rings (SSSR count). The second-order valence-electron chi connectivity index (χ2n) is 6.08. The molecule has 0 N–H and O–H groups in total. The summed E-state index contributed by atoms with van der Waals surface area (Å²) in [6.45, 7) is 6.81. The molecular weight excluding hydrogens is 300 g/mol. The third-order valence-electron chi connectivity index (χ3n) is 3.08. The van der Waals surface area contributed by atoms with E-state index in [2.05, 4.69) is 4.98 Å². The molecule has 122 valence electrons. The second-order valence-corrected chi connectivity index (χ2v) is 6.08. The van der Waals surface area contributed by atoms with E-state index in [4.69, 9.17) is 9.47 Å². The molecule has 23 heavy (non-hydrogen) atoms. The Hall–Kier alpha value is -2.70. The highest BCUT2D eigenvalue weighted by molar-refractivity contribution is 5.92. The summed E-state index contributed by atoms with van der Waals surface area (Å²) < 4.78 is 10.8. The van der Waals surface area contributed by atoms with Gasteiger partial charge in [0.25, 0.3) is 5.69 Å². The molecule has 0 aliphatic heterocycles. The van der Waals surface area contributed by atoms with E-state index in [1.54, 1.807) is 39.8 Å². The van der Waals surface area contributed by atoms with Gasteiger partial charge in [-0.05, 0) is 39.0 Å². The average Bonchev–Trinajstić information content (AvgIpc) is 2.46. The van der Waals surface area contributed by atoms with Crippen LogP contribution in [0.1, 0.15) is 27.7 Å². The predicted molar refractivity (Wildman–Crippen MR) is 84.0 cm³/mol. The van der Waals surface area contributed by atoms with Crippen LogP contribution in [0.4, 0.5) is 5.69 Å². The number of carbonyl (C=O) groups is 1. The van der Waals surface area contributed by atoms with Gasteiger partial charge in [0.1, 0.15) is 5.52 Å². The number of non-ortho nitro benzene ring substituents is 1. The van der Waals surface area contributed by atoms with Gasteiger partial charge in [-0.1, -0.05) is 0 Å². The molecule has 2 aromatic rings. The standard InChI is InChI=1S/C16H18N2O5/c1-10(23-15(19)16(2,3)4)22-13-8-7-12(18(20)21)11-6-5-9-17-14(11)13/h5-10H,1-4H3. The fourth-order valence-electron chi connectivity index (χ4n) is 1.92. The van der Waals surface area contributed by atoms with Crippen LogP contribution < -0.4 is 4.74 Å². The van der Waals surface area contributed by atoms with Gasteiger partial charge in [-0.25, -0.2) is 0 Å². The first-order valence-corrected chi connectivity index (χ1v) is 7.10. The molecule has 0 saturated carbocycles. The molecule has 0 radical (unpaired) electrons. The van der Waals surface area contributed by atoms with Gasteiger partial charge in [-0.15, -0.1) is 0 Å². The van der Waals surface area contributed by atoms with Crippen molar-refractivity contribution in [3.05, 3.63) is 40.6 Å². The normalized spacial score (nSPS) is 12.7. The Labute approximate surface area is 133 Å². The maximum Gasteiger partial charge on any atom is 0.314 e. The van der Waals surface area contributed by atoms with Crippen LogP contribution in [0.3, 0.4) is 0 Å². The van der Waals surface area contributed by atoms with Gasteiger partial charge in [-0.2, -0.15) is 0 Å². The van der Waals surface area contributed by atoms with Gasteiger partial charge < -0.3 is 9.47 Å². The number of nitro groups is 1. The lowest BCUT2D eigenvalue weighted by atomic mass is 9.97. The lowest BCUT2D eigenvalue weighted by Crippen LogP contribution is -2.29. The summed E-state index contributed by atoms with van der Waals surface area (Å²) in [5, 5.41) is 11.4. The van der Waals surface area contributed by atoms with E-state index >= 15 is 0 Å². The number of rotatable bonds is 4. The van der Waals surface area contributed by atoms with Crippen molar-refractivity contribution in [1.29, 1.82) is 0 Å². The number of carbonyl (C=O) groups excluding carboxylic acids is 1. The number of esters is 1. The zero-order valence-electron chi connectivity index (χ0n) is 13.4. The van der Waals surface area contributed by atoms with E-state index in [0.717, 1.165) is 0 Å². The second kappa shape index (κ2) is 6.20. The summed E-state index contributed by atoms with van der Waals surface area (Å²) in [5.74, 6) is -0.0791. The van der Waals surface area contributed by atoms with E-state index in [1.165, 1.54) is 18.3 Å². The molecule has 1 heterocycles. The largest absolute Gasteiger partial charge is 0.453 e. The van der Waals surface area contributed by atoms with Crippen LogP contribution >= 0.6 is 0 Å². The molecule has 0 aliphatic rings. The highest BCUT2D eigenvalue weighted by Crippen LogP contribution is 2.32. The van der Waals surface area contributed by atoms with E-state index < -0.39 is 22.6 Å². The molecule has 0 bridgehead atoms. The van der Waals surface area contributed by atoms with Crippen LogP contribution in [0.5, 0.6) is 5.75 Å². The molecule has 1 atom stereocenters. The summed E-state index contributed by atoms with van der Waals surface area (Å²) in [4.78, 5) is 26.6. The highest BCUT2D eigenvalue weighted by Gasteiger charge is 2.26. The molecule has 7 nitrogen and oxygen atoms in total. The molecule has 0 fully saturated rings. The number of hydrogen-bond acceptors (Lipinski definition) is 6. The first-order valence-electron chi connectivity index (χ1n) is 7.10. The monoisotopic (exact) mass is 318 g/mol. The summed E-state index contributed by atoms with van der Waals surface area (Å²) in [7, 11) is 0. The summed E-state index contributed by atoms with van der Waals surface area (Å²) in [6.07, 6.45) is 0.679. The van der Waals surface area contributed by atoms with Crippen LogP contribution in [0, 0.1) is 15.5 Å². The quantitative estimate of drug-likeness (QED) is 0.371. The van der Waals surface area contributed by atoms with Crippen molar-refractivity contribution < 1.29 is 19.2 Å². The molecular formula is C16H18N2O5. The maximum atomic E-state index is 11.9. The zero-order chi connectivity index (χ0) is 17.2. The fourth-order valence-corrected chi connectivity index (χ4v) is 1.92. The number of fused-ring (bicyclic) bond motifs is 1. The van der Waals surface area contributed by atoms with Crippen molar-refractivity contribution in [2.45, 2.75) is 34.0 Å². The van der Waals surface area contributed by atoms with Crippen LogP contribution in [-0.2, 0) is 9.53 Å². The van der Waals surface area contributed by atoms with E-state index in [0.29, 0.717) is 16.7 Å². The maximum absolute atomic E-state index is 11.9. The lowest BCUT2D eigenvalue weighted by molar-refractivity contribution is -0.383. The Bertz CT molecular complexity index is 752. The molecule has 1 aromatic carbocycles. The summed E-state index contributed by atoms with van der Waals surface area (Å²) >= 11 is 0. The first kappa shape index (κ1) is 16.7. The molecule has 0 saturated heterocycles. The minimum atomic E-state index is -0.839. The van der Waals surface area contributed by atoms with E-state index in [1.807, 2.05) is 0 Å². The van der Waals surface area contributed by atoms with Crippen LogP contribution in [-0.4, -0.2) is 22.2 Å². The topological polar surface area (TPSA) is 91.6 Å². The number of nitro benzene ring substituents is 1. The minimum absolute atomic E-state index is 0.0558. The Morgan fingerprint density at radius 1 is 1.30 bits per heavy atom. The number of ether oxygens (including phenoxy) is 2. The Morgan fingerprint density at radius 2 is 2.00 bits per heavy atom. The number of pyridine rings is 1. The third kappa shape index (κ3) is 3.74. The number of hydrogen-bond donors (Lipinski definition) is 0. The smallest absolute Gasteiger partial charge is 0.314 e. The van der Waals surface area contributed by atoms with E-state index in [9.17, 15) is 14.9 Å². The minimum Gasteiger partial charge on any atom is -0.453 e. The van der Waals surface area contributed by atoms with Crippen molar-refractivity contribution in [1.82, 2.24) is 4.98 Å². The van der Waals surface area contributed by atoms with Crippen LogP contribution in [0.2, 0.25) is 0 Å². The summed E-state index contributed by atoms with van der Waals surface area (Å²) in [5.41, 5.74) is -0.354. The lowest BCUT2D eigenvalue weighted by Gasteiger charge is -2.21. The van der Waals surface area contributed by atoms with Crippen molar-refractivity contribution in [2.75, 3.05) is 0 Å². The van der Waals surface area contributed by atoms with Crippen LogP contribution in [0.15, 0.2) is 30.5 Å². The molecule has 0 amide bonds. The van der Waals surface area contributed by atoms with Gasteiger partial charge in [0.2, 0.25) is 6.29 Å². The SMILES string of the molecule is CC(OC(=O)C(C)(C)C)Oc1ccc([N+](=O)[O-])c2cccnc12. The first-order chi connectivity index (χ1) is 10.7. The van der Waals surface area contributed by atoms with Gasteiger partial charge in [-0.3, -0.25) is 19.9 Å². The van der Waals surface area contributed by atoms with Gasteiger partial charge in [0.05, 0.1) is 15.7 Å². The number of aromatic nitrogens is 1. The van der Waals surface area contributed by atoms with Crippen molar-refractivity contribution in [2.24, 2.45) is 5.41 Å². The molecule has 1 aromatic heterocycles. The third-order valence-corrected chi connectivity index (χ3v) is 3.08.